The maximum absolute atomic E-state index is 5.67. The summed E-state index contributed by atoms with van der Waals surface area (Å²) < 4.78 is 6.86. The highest BCUT2D eigenvalue weighted by atomic mass is 127. The molecule has 1 fully saturated rings. The molecular formula is C9H10INO. The predicted molar refractivity (Wildman–Crippen MR) is 55.3 cm³/mol. The number of pyridine rings is 1. The van der Waals surface area contributed by atoms with Gasteiger partial charge in [-0.3, -0.25) is 4.98 Å². The Labute approximate surface area is 85.5 Å². The molecule has 0 saturated heterocycles. The van der Waals surface area contributed by atoms with Crippen molar-refractivity contribution >= 4 is 22.6 Å². The number of halogens is 1. The van der Waals surface area contributed by atoms with Crippen LogP contribution in [0, 0.1) is 10.5 Å². The van der Waals surface area contributed by atoms with Crippen LogP contribution in [0.2, 0.25) is 0 Å². The smallest absolute Gasteiger partial charge is 0.151 e. The van der Waals surface area contributed by atoms with Crippen molar-refractivity contribution in [1.29, 1.82) is 0 Å². The molecule has 2 rings (SSSR count). The zero-order chi connectivity index (χ0) is 8.55. The van der Waals surface area contributed by atoms with Crippen molar-refractivity contribution in [3.8, 4) is 5.75 Å². The van der Waals surface area contributed by atoms with Crippen LogP contribution in [0.25, 0.3) is 0 Å². The molecule has 0 amide bonds. The molecule has 0 unspecified atom stereocenters. The number of rotatable bonds is 2. The van der Waals surface area contributed by atoms with Crippen LogP contribution in [0.1, 0.15) is 18.4 Å². The minimum atomic E-state index is 0.460. The molecule has 64 valence electrons. The molecule has 12 heavy (non-hydrogen) atoms. The SMILES string of the molecule is Cc1cncc(OC2CC2)c1I. The fraction of sp³-hybridized carbons (Fsp3) is 0.444. The third kappa shape index (κ3) is 1.71. The molecule has 0 atom stereocenters. The van der Waals surface area contributed by atoms with Crippen LogP contribution >= 0.6 is 22.6 Å². The van der Waals surface area contributed by atoms with Crippen LogP contribution in [0.4, 0.5) is 0 Å². The molecule has 0 aliphatic heterocycles. The van der Waals surface area contributed by atoms with Gasteiger partial charge in [-0.2, -0.15) is 0 Å². The number of aromatic nitrogens is 1. The zero-order valence-corrected chi connectivity index (χ0v) is 9.04. The van der Waals surface area contributed by atoms with Crippen molar-refractivity contribution in [3.05, 3.63) is 21.5 Å². The van der Waals surface area contributed by atoms with Gasteiger partial charge >= 0.3 is 0 Å². The Morgan fingerprint density at radius 2 is 2.25 bits per heavy atom. The van der Waals surface area contributed by atoms with Gasteiger partial charge in [0.25, 0.3) is 0 Å². The number of aryl methyl sites for hydroxylation is 1. The maximum Gasteiger partial charge on any atom is 0.151 e. The number of hydrogen-bond acceptors (Lipinski definition) is 2. The molecule has 3 heteroatoms. The highest BCUT2D eigenvalue weighted by Gasteiger charge is 2.24. The van der Waals surface area contributed by atoms with Crippen LogP contribution in [-0.4, -0.2) is 11.1 Å². The second-order valence-corrected chi connectivity index (χ2v) is 4.16. The summed E-state index contributed by atoms with van der Waals surface area (Å²) in [6.07, 6.45) is 6.52. The van der Waals surface area contributed by atoms with Gasteiger partial charge in [-0.15, -0.1) is 0 Å². The van der Waals surface area contributed by atoms with Crippen LogP contribution in [0.15, 0.2) is 12.4 Å². The van der Waals surface area contributed by atoms with E-state index in [4.69, 9.17) is 4.74 Å². The van der Waals surface area contributed by atoms with Gasteiger partial charge in [0, 0.05) is 6.20 Å². The van der Waals surface area contributed by atoms with E-state index in [-0.39, 0.29) is 0 Å². The van der Waals surface area contributed by atoms with Crippen LogP contribution in [-0.2, 0) is 0 Å². The monoisotopic (exact) mass is 275 g/mol. The van der Waals surface area contributed by atoms with E-state index in [0.29, 0.717) is 6.10 Å². The third-order valence-corrected chi connectivity index (χ3v) is 3.22. The average Bonchev–Trinajstić information content (AvgIpc) is 2.83. The first-order chi connectivity index (χ1) is 5.77. The van der Waals surface area contributed by atoms with E-state index in [2.05, 4.69) is 34.5 Å². The fourth-order valence-corrected chi connectivity index (χ4v) is 1.38. The van der Waals surface area contributed by atoms with E-state index in [1.54, 1.807) is 6.20 Å². The molecule has 1 aromatic heterocycles. The largest absolute Gasteiger partial charge is 0.488 e. The Hall–Kier alpha value is -0.320. The standard InChI is InChI=1S/C9H10INO/c1-6-4-11-5-8(9(6)10)12-7-2-3-7/h4-5,7H,2-3H2,1H3. The van der Waals surface area contributed by atoms with Gasteiger partial charge in [0.05, 0.1) is 15.9 Å². The molecule has 1 saturated carbocycles. The summed E-state index contributed by atoms with van der Waals surface area (Å²) in [7, 11) is 0. The Morgan fingerprint density at radius 3 is 2.92 bits per heavy atom. The molecule has 1 aromatic rings. The van der Waals surface area contributed by atoms with Crippen molar-refractivity contribution in [2.45, 2.75) is 25.9 Å². The molecule has 0 bridgehead atoms. The van der Waals surface area contributed by atoms with Crippen LogP contribution < -0.4 is 4.74 Å². The molecule has 0 spiro atoms. The van der Waals surface area contributed by atoms with E-state index in [1.165, 1.54) is 22.0 Å². The summed E-state index contributed by atoms with van der Waals surface area (Å²) >= 11 is 2.30. The van der Waals surface area contributed by atoms with Gasteiger partial charge in [0.15, 0.2) is 5.75 Å². The molecule has 0 aromatic carbocycles. The second kappa shape index (κ2) is 3.20. The summed E-state index contributed by atoms with van der Waals surface area (Å²) in [5.41, 5.74) is 1.19. The summed E-state index contributed by atoms with van der Waals surface area (Å²) in [5.74, 6) is 0.943. The summed E-state index contributed by atoms with van der Waals surface area (Å²) in [6, 6.07) is 0. The minimum Gasteiger partial charge on any atom is -0.488 e. The predicted octanol–water partition coefficient (Wildman–Crippen LogP) is 2.54. The number of hydrogen-bond donors (Lipinski definition) is 0. The first kappa shape index (κ1) is 8.29. The summed E-state index contributed by atoms with van der Waals surface area (Å²) in [5, 5.41) is 0. The number of nitrogens with zero attached hydrogens (tertiary/aromatic N) is 1. The van der Waals surface area contributed by atoms with Gasteiger partial charge in [-0.25, -0.2) is 0 Å². The first-order valence-corrected chi connectivity index (χ1v) is 5.12. The maximum atomic E-state index is 5.67. The van der Waals surface area contributed by atoms with E-state index < -0.39 is 0 Å². The third-order valence-electron chi connectivity index (χ3n) is 1.84. The zero-order valence-electron chi connectivity index (χ0n) is 6.88. The van der Waals surface area contributed by atoms with Crippen molar-refractivity contribution in [3.63, 3.8) is 0 Å². The molecule has 1 aliphatic carbocycles. The van der Waals surface area contributed by atoms with Crippen molar-refractivity contribution in [1.82, 2.24) is 4.98 Å². The van der Waals surface area contributed by atoms with Crippen LogP contribution in [0.5, 0.6) is 5.75 Å². The Bertz CT molecular complexity index is 297. The van der Waals surface area contributed by atoms with Crippen molar-refractivity contribution in [2.75, 3.05) is 0 Å². The van der Waals surface area contributed by atoms with Crippen molar-refractivity contribution in [2.24, 2.45) is 0 Å². The van der Waals surface area contributed by atoms with Crippen molar-refractivity contribution < 1.29 is 4.74 Å². The molecule has 2 nitrogen and oxygen atoms in total. The Balaban J connectivity index is 2.23. The van der Waals surface area contributed by atoms with Gasteiger partial charge in [0.1, 0.15) is 0 Å². The topological polar surface area (TPSA) is 22.1 Å². The molecular weight excluding hydrogens is 265 g/mol. The lowest BCUT2D eigenvalue weighted by atomic mass is 10.3. The molecule has 1 aliphatic rings. The van der Waals surface area contributed by atoms with Gasteiger partial charge in [0.2, 0.25) is 0 Å². The van der Waals surface area contributed by atoms with E-state index >= 15 is 0 Å². The van der Waals surface area contributed by atoms with E-state index in [9.17, 15) is 0 Å². The molecule has 1 heterocycles. The summed E-state index contributed by atoms with van der Waals surface area (Å²) in [6.45, 7) is 2.05. The van der Waals surface area contributed by atoms with E-state index in [1.807, 2.05) is 6.20 Å². The Kier molecular flexibility index (Phi) is 2.21. The van der Waals surface area contributed by atoms with E-state index in [0.717, 1.165) is 5.75 Å². The van der Waals surface area contributed by atoms with Crippen LogP contribution in [0.3, 0.4) is 0 Å². The fourth-order valence-electron chi connectivity index (χ4n) is 0.972. The molecule has 0 radical (unpaired) electrons. The minimum absolute atomic E-state index is 0.460. The highest BCUT2D eigenvalue weighted by Crippen LogP contribution is 2.30. The Morgan fingerprint density at radius 1 is 1.50 bits per heavy atom. The lowest BCUT2D eigenvalue weighted by molar-refractivity contribution is 0.299. The first-order valence-electron chi connectivity index (χ1n) is 4.04. The summed E-state index contributed by atoms with van der Waals surface area (Å²) in [4.78, 5) is 4.10. The normalized spacial score (nSPS) is 16.2. The van der Waals surface area contributed by atoms with Gasteiger partial charge < -0.3 is 4.74 Å². The lowest BCUT2D eigenvalue weighted by Gasteiger charge is -2.07. The lowest BCUT2D eigenvalue weighted by Crippen LogP contribution is -1.99. The quantitative estimate of drug-likeness (QED) is 0.774. The van der Waals surface area contributed by atoms with Gasteiger partial charge in [-0.05, 0) is 47.9 Å². The highest BCUT2D eigenvalue weighted by molar-refractivity contribution is 14.1. The number of ether oxygens (including phenoxy) is 1. The molecule has 0 N–H and O–H groups in total. The average molecular weight is 275 g/mol. The van der Waals surface area contributed by atoms with Gasteiger partial charge in [-0.1, -0.05) is 0 Å². The second-order valence-electron chi connectivity index (χ2n) is 3.09.